The Morgan fingerprint density at radius 3 is 2.67 bits per heavy atom. The lowest BCUT2D eigenvalue weighted by molar-refractivity contribution is -0.120. The lowest BCUT2D eigenvalue weighted by Crippen LogP contribution is -2.36. The second-order valence-corrected chi connectivity index (χ2v) is 6.47. The predicted octanol–water partition coefficient (Wildman–Crippen LogP) is 2.17. The highest BCUT2D eigenvalue weighted by Gasteiger charge is 2.48. The smallest absolute Gasteiger partial charge is 0.236 e. The molecule has 1 aromatic carbocycles. The van der Waals surface area contributed by atoms with Crippen LogP contribution in [0.2, 0.25) is 0 Å². The van der Waals surface area contributed by atoms with Crippen LogP contribution in [0.3, 0.4) is 0 Å². The van der Waals surface area contributed by atoms with Crippen molar-refractivity contribution in [3.63, 3.8) is 0 Å². The van der Waals surface area contributed by atoms with Crippen molar-refractivity contribution < 1.29 is 4.79 Å². The number of hydrogen-bond acceptors (Lipinski definition) is 2. The Kier molecular flexibility index (Phi) is 2.33. The van der Waals surface area contributed by atoms with Gasteiger partial charge in [0.2, 0.25) is 5.91 Å². The van der Waals surface area contributed by atoms with E-state index in [-0.39, 0.29) is 16.7 Å². The Labute approximate surface area is 108 Å². The van der Waals surface area contributed by atoms with Gasteiger partial charge in [-0.1, -0.05) is 32.9 Å². The molecule has 1 amide bonds. The van der Waals surface area contributed by atoms with Gasteiger partial charge in [-0.2, -0.15) is 0 Å². The van der Waals surface area contributed by atoms with Crippen molar-refractivity contribution in [1.82, 2.24) is 5.32 Å². The zero-order chi connectivity index (χ0) is 13.0. The highest BCUT2D eigenvalue weighted by molar-refractivity contribution is 6.06. The van der Waals surface area contributed by atoms with E-state index in [4.69, 9.17) is 0 Å². The van der Waals surface area contributed by atoms with Crippen LogP contribution in [0.4, 0.5) is 5.69 Å². The van der Waals surface area contributed by atoms with E-state index in [1.165, 1.54) is 11.1 Å². The van der Waals surface area contributed by atoms with Crippen molar-refractivity contribution in [2.75, 3.05) is 18.4 Å². The van der Waals surface area contributed by atoms with Crippen LogP contribution in [0.15, 0.2) is 18.2 Å². The van der Waals surface area contributed by atoms with Crippen molar-refractivity contribution in [2.45, 2.75) is 38.0 Å². The van der Waals surface area contributed by atoms with Gasteiger partial charge in [0.05, 0.1) is 5.41 Å². The third-order valence-electron chi connectivity index (χ3n) is 4.24. The van der Waals surface area contributed by atoms with Crippen LogP contribution in [0, 0.1) is 0 Å². The molecule has 18 heavy (non-hydrogen) atoms. The van der Waals surface area contributed by atoms with Crippen LogP contribution < -0.4 is 10.6 Å². The summed E-state index contributed by atoms with van der Waals surface area (Å²) < 4.78 is 0. The number of nitrogens with one attached hydrogen (secondary N) is 2. The summed E-state index contributed by atoms with van der Waals surface area (Å²) in [5.74, 6) is 0.161. The Bertz CT molecular complexity index is 508. The number of rotatable bonds is 0. The molecule has 0 bridgehead atoms. The van der Waals surface area contributed by atoms with Crippen LogP contribution in [0.5, 0.6) is 0 Å². The van der Waals surface area contributed by atoms with Gasteiger partial charge in [0, 0.05) is 12.2 Å². The maximum Gasteiger partial charge on any atom is 0.236 e. The van der Waals surface area contributed by atoms with E-state index < -0.39 is 0 Å². The predicted molar refractivity (Wildman–Crippen MR) is 72.9 cm³/mol. The Balaban J connectivity index is 2.14. The van der Waals surface area contributed by atoms with E-state index in [0.717, 1.165) is 25.2 Å². The second-order valence-electron chi connectivity index (χ2n) is 6.47. The fourth-order valence-corrected chi connectivity index (χ4v) is 3.00. The first-order chi connectivity index (χ1) is 8.43. The van der Waals surface area contributed by atoms with Gasteiger partial charge in [-0.05, 0) is 35.6 Å². The molecule has 1 aromatic rings. The molecule has 0 aliphatic carbocycles. The lowest BCUT2D eigenvalue weighted by atomic mass is 9.77. The number of benzene rings is 1. The van der Waals surface area contributed by atoms with Gasteiger partial charge in [-0.15, -0.1) is 0 Å². The first kappa shape index (κ1) is 11.7. The minimum absolute atomic E-state index is 0.119. The van der Waals surface area contributed by atoms with E-state index in [2.05, 4.69) is 49.6 Å². The first-order valence-corrected chi connectivity index (χ1v) is 6.61. The van der Waals surface area contributed by atoms with Gasteiger partial charge < -0.3 is 10.6 Å². The lowest BCUT2D eigenvalue weighted by Gasteiger charge is -2.24. The van der Waals surface area contributed by atoms with Gasteiger partial charge in [0.1, 0.15) is 0 Å². The summed E-state index contributed by atoms with van der Waals surface area (Å²) in [5, 5.41) is 6.35. The number of fused-ring (bicyclic) bond motifs is 2. The molecule has 2 aliphatic heterocycles. The van der Waals surface area contributed by atoms with Crippen molar-refractivity contribution >= 4 is 11.6 Å². The molecule has 1 spiro atoms. The largest absolute Gasteiger partial charge is 0.325 e. The monoisotopic (exact) mass is 244 g/mol. The molecule has 1 atom stereocenters. The molecule has 3 heteroatoms. The molecule has 1 saturated heterocycles. The van der Waals surface area contributed by atoms with Crippen molar-refractivity contribution in [1.29, 1.82) is 0 Å². The van der Waals surface area contributed by atoms with Gasteiger partial charge in [0.15, 0.2) is 0 Å². The van der Waals surface area contributed by atoms with E-state index in [9.17, 15) is 4.79 Å². The molecule has 3 rings (SSSR count). The molecule has 2 N–H and O–H groups in total. The van der Waals surface area contributed by atoms with Gasteiger partial charge in [-0.3, -0.25) is 4.79 Å². The Morgan fingerprint density at radius 2 is 2.06 bits per heavy atom. The van der Waals surface area contributed by atoms with Crippen LogP contribution in [0.25, 0.3) is 0 Å². The molecule has 0 radical (unpaired) electrons. The maximum atomic E-state index is 12.3. The molecule has 2 heterocycles. The number of amides is 1. The second kappa shape index (κ2) is 3.58. The minimum atomic E-state index is -0.323. The van der Waals surface area contributed by atoms with E-state index in [0.29, 0.717) is 0 Å². The third-order valence-corrected chi connectivity index (χ3v) is 4.24. The zero-order valence-corrected chi connectivity index (χ0v) is 11.3. The molecule has 3 nitrogen and oxygen atoms in total. The molecule has 2 aliphatic rings. The van der Waals surface area contributed by atoms with Crippen LogP contribution in [-0.2, 0) is 15.6 Å². The van der Waals surface area contributed by atoms with Crippen LogP contribution in [0.1, 0.15) is 38.3 Å². The average Bonchev–Trinajstić information content (AvgIpc) is 2.87. The van der Waals surface area contributed by atoms with Crippen molar-refractivity contribution in [3.8, 4) is 0 Å². The first-order valence-electron chi connectivity index (χ1n) is 6.61. The summed E-state index contributed by atoms with van der Waals surface area (Å²) in [6, 6.07) is 6.40. The fraction of sp³-hybridized carbons (Fsp3) is 0.533. The molecular weight excluding hydrogens is 224 g/mol. The zero-order valence-electron chi connectivity index (χ0n) is 11.3. The SMILES string of the molecule is CC(C)(C)c1ccc2c(c1)C1(CCNC1)C(=O)N2. The number of anilines is 1. The number of carbonyl (C=O) groups is 1. The number of carbonyl (C=O) groups excluding carboxylic acids is 1. The summed E-state index contributed by atoms with van der Waals surface area (Å²) in [6.07, 6.45) is 0.902. The maximum absolute atomic E-state index is 12.3. The van der Waals surface area contributed by atoms with E-state index in [1.54, 1.807) is 0 Å². The summed E-state index contributed by atoms with van der Waals surface area (Å²) >= 11 is 0. The van der Waals surface area contributed by atoms with Gasteiger partial charge in [-0.25, -0.2) is 0 Å². The standard InChI is InChI=1S/C15H20N2O/c1-14(2,3)10-4-5-12-11(8-10)15(13(18)17-12)6-7-16-9-15/h4-5,8,16H,6-7,9H2,1-3H3,(H,17,18). The summed E-state index contributed by atoms with van der Waals surface area (Å²) in [5.41, 5.74) is 3.27. The van der Waals surface area contributed by atoms with Crippen molar-refractivity contribution in [2.24, 2.45) is 0 Å². The van der Waals surface area contributed by atoms with Crippen LogP contribution >= 0.6 is 0 Å². The molecule has 1 fully saturated rings. The molecule has 96 valence electrons. The Hall–Kier alpha value is -1.35. The van der Waals surface area contributed by atoms with Gasteiger partial charge >= 0.3 is 0 Å². The highest BCUT2D eigenvalue weighted by atomic mass is 16.2. The van der Waals surface area contributed by atoms with E-state index >= 15 is 0 Å². The molecular formula is C15H20N2O. The topological polar surface area (TPSA) is 41.1 Å². The number of hydrogen-bond donors (Lipinski definition) is 2. The third kappa shape index (κ3) is 1.50. The molecule has 0 aromatic heterocycles. The minimum Gasteiger partial charge on any atom is -0.325 e. The summed E-state index contributed by atoms with van der Waals surface area (Å²) in [7, 11) is 0. The summed E-state index contributed by atoms with van der Waals surface area (Å²) in [6.45, 7) is 8.31. The fourth-order valence-electron chi connectivity index (χ4n) is 3.00. The quantitative estimate of drug-likeness (QED) is 0.734. The summed E-state index contributed by atoms with van der Waals surface area (Å²) in [4.78, 5) is 12.3. The van der Waals surface area contributed by atoms with Crippen LogP contribution in [-0.4, -0.2) is 19.0 Å². The van der Waals surface area contributed by atoms with Gasteiger partial charge in [0.25, 0.3) is 0 Å². The average molecular weight is 244 g/mol. The Morgan fingerprint density at radius 1 is 1.28 bits per heavy atom. The molecule has 1 unspecified atom stereocenters. The molecule has 0 saturated carbocycles. The normalized spacial score (nSPS) is 26.5. The van der Waals surface area contributed by atoms with Crippen molar-refractivity contribution in [3.05, 3.63) is 29.3 Å². The van der Waals surface area contributed by atoms with E-state index in [1.807, 2.05) is 0 Å². The highest BCUT2D eigenvalue weighted by Crippen LogP contribution is 2.43.